The van der Waals surface area contributed by atoms with Gasteiger partial charge in [0.25, 0.3) is 0 Å². The van der Waals surface area contributed by atoms with Crippen LogP contribution in [0, 0.1) is 56.7 Å². The van der Waals surface area contributed by atoms with E-state index in [-0.39, 0.29) is 17.3 Å². The van der Waals surface area contributed by atoms with Gasteiger partial charge >= 0.3 is 5.97 Å². The van der Waals surface area contributed by atoms with Crippen LogP contribution in [-0.4, -0.2) is 21.8 Å². The summed E-state index contributed by atoms with van der Waals surface area (Å²) in [5.74, 6) is 2.41. The van der Waals surface area contributed by atoms with E-state index in [4.69, 9.17) is 0 Å². The molecule has 5 rings (SSSR count). The number of carbonyl (C=O) groups is 1. The molecule has 3 nitrogen and oxygen atoms in total. The van der Waals surface area contributed by atoms with E-state index in [0.717, 1.165) is 24.7 Å². The van der Waals surface area contributed by atoms with E-state index in [2.05, 4.69) is 55.0 Å². The molecule has 35 heavy (non-hydrogen) atoms. The number of carboxylic acid groups (broad SMARTS) is 1. The van der Waals surface area contributed by atoms with Crippen LogP contribution in [0.1, 0.15) is 119 Å². The second-order valence-electron chi connectivity index (χ2n) is 15.7. The Labute approximate surface area is 214 Å². The molecule has 3 heteroatoms. The molecular formula is C32H52O3. The summed E-state index contributed by atoms with van der Waals surface area (Å²) in [6.07, 6.45) is 11.8. The molecule has 198 valence electrons. The highest BCUT2D eigenvalue weighted by molar-refractivity contribution is 5.68. The van der Waals surface area contributed by atoms with Crippen LogP contribution in [0.25, 0.3) is 0 Å². The Morgan fingerprint density at radius 2 is 1.51 bits per heavy atom. The first kappa shape index (κ1) is 25.8. The molecule has 2 N–H and O–H groups in total. The molecule has 0 spiro atoms. The second kappa shape index (κ2) is 7.61. The number of rotatable bonds is 3. The van der Waals surface area contributed by atoms with E-state index in [1.807, 2.05) is 0 Å². The lowest BCUT2D eigenvalue weighted by Gasteiger charge is -2.73. The average molecular weight is 485 g/mol. The SMILES string of the molecule is C=C(C)[C@@H]1CC[C@]2(C)CC[C@]3(C)[C@H](CC[C@@H]4[C@@]5(C)CC[C@](O)(CC(=O)O)C(C)(C)[C@@H]5CC[C@]43C)[C@@H]12. The number of aliphatic hydroxyl groups is 1. The van der Waals surface area contributed by atoms with Crippen molar-refractivity contribution in [3.05, 3.63) is 12.2 Å². The maximum absolute atomic E-state index is 11.7. The highest BCUT2D eigenvalue weighted by atomic mass is 16.4. The van der Waals surface area contributed by atoms with Gasteiger partial charge in [0.2, 0.25) is 0 Å². The van der Waals surface area contributed by atoms with Crippen LogP contribution >= 0.6 is 0 Å². The smallest absolute Gasteiger partial charge is 0.306 e. The van der Waals surface area contributed by atoms with Gasteiger partial charge in [-0.25, -0.2) is 0 Å². The molecule has 0 aromatic rings. The Kier molecular flexibility index (Phi) is 5.61. The maximum atomic E-state index is 11.7. The maximum Gasteiger partial charge on any atom is 0.306 e. The minimum Gasteiger partial charge on any atom is -0.481 e. The standard InChI is InChI=1S/C32H52O3/c1-20(2)21-11-13-28(5)15-17-30(7)22(26(21)28)9-10-24-29(6)16-18-32(35,19-25(33)34)27(3,4)23(29)12-14-31(24,30)8/h21-24,26,35H,1,9-19H2,2-8H3,(H,33,34)/t21-,22+,23-,24+,26+,28+,29-,30+,31+,32-/m0/s1. The third-order valence-corrected chi connectivity index (χ3v) is 14.3. The molecule has 0 aromatic heterocycles. The first-order chi connectivity index (χ1) is 16.1. The molecule has 0 aromatic carbocycles. The van der Waals surface area contributed by atoms with Crippen molar-refractivity contribution in [3.63, 3.8) is 0 Å². The Hall–Kier alpha value is -0.830. The van der Waals surface area contributed by atoms with Crippen molar-refractivity contribution in [1.82, 2.24) is 0 Å². The molecule has 5 saturated carbocycles. The van der Waals surface area contributed by atoms with Crippen LogP contribution < -0.4 is 0 Å². The fourth-order valence-corrected chi connectivity index (χ4v) is 12.1. The molecular weight excluding hydrogens is 432 g/mol. The summed E-state index contributed by atoms with van der Waals surface area (Å²) in [7, 11) is 0. The quantitative estimate of drug-likeness (QED) is 0.401. The Balaban J connectivity index is 1.52. The Morgan fingerprint density at radius 1 is 0.829 bits per heavy atom. The van der Waals surface area contributed by atoms with Crippen molar-refractivity contribution in [2.45, 2.75) is 125 Å². The predicted octanol–water partition coefficient (Wildman–Crippen LogP) is 7.87. The topological polar surface area (TPSA) is 57.5 Å². The highest BCUT2D eigenvalue weighted by Crippen LogP contribution is 2.78. The third kappa shape index (κ3) is 3.15. The van der Waals surface area contributed by atoms with Gasteiger partial charge in [-0.05, 0) is 128 Å². The van der Waals surface area contributed by atoms with Crippen LogP contribution in [-0.2, 0) is 4.79 Å². The fourth-order valence-electron chi connectivity index (χ4n) is 12.1. The minimum atomic E-state index is -1.11. The van der Waals surface area contributed by atoms with Crippen LogP contribution in [0.3, 0.4) is 0 Å². The monoisotopic (exact) mass is 484 g/mol. The van der Waals surface area contributed by atoms with Crippen molar-refractivity contribution in [1.29, 1.82) is 0 Å². The van der Waals surface area contributed by atoms with E-state index in [0.29, 0.717) is 40.4 Å². The van der Waals surface area contributed by atoms with Gasteiger partial charge < -0.3 is 10.2 Å². The lowest BCUT2D eigenvalue weighted by Crippen LogP contribution is -2.68. The molecule has 0 heterocycles. The Bertz CT molecular complexity index is 922. The third-order valence-electron chi connectivity index (χ3n) is 14.3. The lowest BCUT2D eigenvalue weighted by molar-refractivity contribution is -0.265. The van der Waals surface area contributed by atoms with E-state index < -0.39 is 11.6 Å². The number of hydrogen-bond donors (Lipinski definition) is 2. The summed E-state index contributed by atoms with van der Waals surface area (Å²) in [4.78, 5) is 11.7. The molecule has 0 saturated heterocycles. The number of aliphatic carboxylic acids is 1. The summed E-state index contributed by atoms with van der Waals surface area (Å²) in [5, 5.41) is 21.2. The highest BCUT2D eigenvalue weighted by Gasteiger charge is 2.71. The van der Waals surface area contributed by atoms with E-state index in [9.17, 15) is 15.0 Å². The predicted molar refractivity (Wildman–Crippen MR) is 142 cm³/mol. The second-order valence-corrected chi connectivity index (χ2v) is 15.7. The zero-order chi connectivity index (χ0) is 25.8. The van der Waals surface area contributed by atoms with Crippen molar-refractivity contribution in [3.8, 4) is 0 Å². The minimum absolute atomic E-state index is 0.128. The van der Waals surface area contributed by atoms with Crippen LogP contribution in [0.15, 0.2) is 12.2 Å². The molecule has 0 aliphatic heterocycles. The summed E-state index contributed by atoms with van der Waals surface area (Å²) in [6, 6.07) is 0. The molecule has 0 radical (unpaired) electrons. The fraction of sp³-hybridized carbons (Fsp3) is 0.906. The van der Waals surface area contributed by atoms with Crippen molar-refractivity contribution >= 4 is 5.97 Å². The van der Waals surface area contributed by atoms with Gasteiger partial charge in [-0.1, -0.05) is 53.7 Å². The molecule has 5 aliphatic rings. The van der Waals surface area contributed by atoms with E-state index >= 15 is 0 Å². The first-order valence-electron chi connectivity index (χ1n) is 14.7. The molecule has 10 atom stereocenters. The summed E-state index contributed by atoms with van der Waals surface area (Å²) in [5.41, 5.74) is 1.23. The Morgan fingerprint density at radius 3 is 2.14 bits per heavy atom. The van der Waals surface area contributed by atoms with Gasteiger partial charge in [0.15, 0.2) is 0 Å². The van der Waals surface area contributed by atoms with Crippen molar-refractivity contribution in [2.24, 2.45) is 56.7 Å². The molecule has 5 fully saturated rings. The van der Waals surface area contributed by atoms with Crippen LogP contribution in [0.4, 0.5) is 0 Å². The zero-order valence-electron chi connectivity index (χ0n) is 23.7. The molecule has 0 bridgehead atoms. The van der Waals surface area contributed by atoms with Crippen molar-refractivity contribution in [2.75, 3.05) is 0 Å². The largest absolute Gasteiger partial charge is 0.481 e. The van der Waals surface area contributed by atoms with Gasteiger partial charge in [0, 0.05) is 0 Å². The van der Waals surface area contributed by atoms with Gasteiger partial charge in [-0.3, -0.25) is 4.79 Å². The molecule has 0 amide bonds. The van der Waals surface area contributed by atoms with Crippen LogP contribution in [0.2, 0.25) is 0 Å². The number of allylic oxidation sites excluding steroid dienone is 1. The van der Waals surface area contributed by atoms with Crippen LogP contribution in [0.5, 0.6) is 0 Å². The van der Waals surface area contributed by atoms with Crippen molar-refractivity contribution < 1.29 is 15.0 Å². The van der Waals surface area contributed by atoms with E-state index in [1.54, 1.807) is 0 Å². The van der Waals surface area contributed by atoms with Gasteiger partial charge in [-0.2, -0.15) is 0 Å². The normalized spacial score (nSPS) is 54.7. The summed E-state index contributed by atoms with van der Waals surface area (Å²) < 4.78 is 0. The number of hydrogen-bond acceptors (Lipinski definition) is 2. The van der Waals surface area contributed by atoms with E-state index in [1.165, 1.54) is 50.5 Å². The number of fused-ring (bicyclic) bond motifs is 7. The first-order valence-corrected chi connectivity index (χ1v) is 14.7. The lowest BCUT2D eigenvalue weighted by atomic mass is 9.31. The zero-order valence-corrected chi connectivity index (χ0v) is 23.7. The van der Waals surface area contributed by atoms with Gasteiger partial charge in [0.1, 0.15) is 0 Å². The number of carboxylic acids is 1. The van der Waals surface area contributed by atoms with Gasteiger partial charge in [0.05, 0.1) is 12.0 Å². The van der Waals surface area contributed by atoms with Gasteiger partial charge in [-0.15, -0.1) is 0 Å². The summed E-state index contributed by atoms with van der Waals surface area (Å²) >= 11 is 0. The average Bonchev–Trinajstić information content (AvgIpc) is 3.09. The molecule has 5 aliphatic carbocycles. The molecule has 0 unspecified atom stereocenters. The summed E-state index contributed by atoms with van der Waals surface area (Å²) in [6.45, 7) is 21.6.